The summed E-state index contributed by atoms with van der Waals surface area (Å²) in [5, 5.41) is 32.1. The Morgan fingerprint density at radius 3 is 2.27 bits per heavy atom. The first-order chi connectivity index (χ1) is 22.0. The molecule has 0 aliphatic heterocycles. The minimum atomic E-state index is -0.328. The van der Waals surface area contributed by atoms with E-state index in [1.54, 1.807) is 0 Å². The molecule has 0 radical (unpaired) electrons. The topological polar surface area (TPSA) is 137 Å². The molecular weight excluding hydrogens is 566 g/mol. The number of benzene rings is 3. The van der Waals surface area contributed by atoms with Crippen molar-refractivity contribution in [3.8, 4) is 11.4 Å². The summed E-state index contributed by atoms with van der Waals surface area (Å²) in [4.78, 5) is 19.2. The second kappa shape index (κ2) is 16.0. The minimum absolute atomic E-state index is 0.00538. The van der Waals surface area contributed by atoms with Crippen LogP contribution in [0.3, 0.4) is 0 Å². The molecule has 45 heavy (non-hydrogen) atoms. The van der Waals surface area contributed by atoms with Gasteiger partial charge in [0.1, 0.15) is 5.82 Å². The summed E-state index contributed by atoms with van der Waals surface area (Å²) < 4.78 is 2.24. The molecule has 0 bridgehead atoms. The zero-order valence-corrected chi connectivity index (χ0v) is 26.1. The van der Waals surface area contributed by atoms with Crippen LogP contribution in [-0.4, -0.2) is 63.6 Å². The van der Waals surface area contributed by atoms with E-state index in [2.05, 4.69) is 40.2 Å². The Balaban J connectivity index is 1.47. The van der Waals surface area contributed by atoms with Crippen LogP contribution in [0.4, 0.5) is 5.69 Å². The third-order valence-corrected chi connectivity index (χ3v) is 9.02. The quantitative estimate of drug-likeness (QED) is 0.127. The van der Waals surface area contributed by atoms with Crippen LogP contribution in [0.15, 0.2) is 66.7 Å². The van der Waals surface area contributed by atoms with E-state index in [0.29, 0.717) is 25.6 Å². The summed E-state index contributed by atoms with van der Waals surface area (Å²) in [6.45, 7) is 2.50. The van der Waals surface area contributed by atoms with Crippen molar-refractivity contribution in [1.29, 1.82) is 0 Å². The number of hydrogen-bond acceptors (Lipinski definition) is 7. The van der Waals surface area contributed by atoms with Gasteiger partial charge in [-0.25, -0.2) is 4.98 Å². The van der Waals surface area contributed by atoms with Gasteiger partial charge in [-0.15, -0.1) is 0 Å². The predicted molar refractivity (Wildman–Crippen MR) is 179 cm³/mol. The van der Waals surface area contributed by atoms with Crippen molar-refractivity contribution in [3.05, 3.63) is 83.4 Å². The maximum atomic E-state index is 12.1. The minimum Gasteiger partial charge on any atom is -0.395 e. The number of carbonyl (C=O) groups excluding carboxylic acids is 1. The number of fused-ring (bicyclic) bond motifs is 1. The molecule has 1 fully saturated rings. The van der Waals surface area contributed by atoms with Crippen LogP contribution >= 0.6 is 0 Å². The highest BCUT2D eigenvalue weighted by Crippen LogP contribution is 2.30. The Bertz CT molecular complexity index is 1510. The molecule has 1 heterocycles. The predicted octanol–water partition coefficient (Wildman–Crippen LogP) is 4.32. The van der Waals surface area contributed by atoms with Crippen LogP contribution in [0.5, 0.6) is 0 Å². The first-order valence-corrected chi connectivity index (χ1v) is 16.3. The maximum Gasteiger partial charge on any atom is 0.219 e. The van der Waals surface area contributed by atoms with E-state index in [0.717, 1.165) is 52.2 Å². The molecule has 1 aliphatic rings. The number of nitrogens with one attached hydrogen (secondary N) is 1. The average Bonchev–Trinajstić information content (AvgIpc) is 3.44. The van der Waals surface area contributed by atoms with Crippen LogP contribution in [-0.2, 0) is 24.4 Å². The molecule has 1 amide bonds. The lowest BCUT2D eigenvalue weighted by atomic mass is 9.89. The van der Waals surface area contributed by atoms with E-state index in [4.69, 9.17) is 10.7 Å². The Hall–Kier alpha value is -3.76. The first-order valence-electron chi connectivity index (χ1n) is 16.3. The van der Waals surface area contributed by atoms with Gasteiger partial charge < -0.3 is 35.8 Å². The van der Waals surface area contributed by atoms with E-state index in [1.165, 1.54) is 37.7 Å². The van der Waals surface area contributed by atoms with Crippen LogP contribution in [0.2, 0.25) is 0 Å². The molecule has 1 aliphatic carbocycles. The molecule has 5 rings (SSSR count). The third kappa shape index (κ3) is 8.49. The normalized spacial score (nSPS) is 14.6. The number of aliphatic hydroxyl groups excluding tert-OH is 3. The molecule has 0 spiro atoms. The van der Waals surface area contributed by atoms with Crippen molar-refractivity contribution in [3.63, 3.8) is 0 Å². The monoisotopic (exact) mass is 613 g/mol. The summed E-state index contributed by atoms with van der Waals surface area (Å²) in [6, 6.07) is 22.2. The number of hydrogen-bond donors (Lipinski definition) is 5. The summed E-state index contributed by atoms with van der Waals surface area (Å²) in [6.07, 6.45) is 7.32. The number of primary amides is 1. The number of nitrogens with two attached hydrogens (primary N) is 1. The Morgan fingerprint density at radius 1 is 0.933 bits per heavy atom. The van der Waals surface area contributed by atoms with Crippen LogP contribution in [0.1, 0.15) is 61.3 Å². The molecule has 1 unspecified atom stereocenters. The lowest BCUT2D eigenvalue weighted by Crippen LogP contribution is -2.31. The zero-order chi connectivity index (χ0) is 31.6. The van der Waals surface area contributed by atoms with Gasteiger partial charge in [-0.05, 0) is 84.8 Å². The maximum absolute atomic E-state index is 12.1. The zero-order valence-electron chi connectivity index (χ0n) is 26.1. The van der Waals surface area contributed by atoms with Gasteiger partial charge in [0.2, 0.25) is 5.91 Å². The summed E-state index contributed by atoms with van der Waals surface area (Å²) in [5.41, 5.74) is 12.5. The Kier molecular flexibility index (Phi) is 11.6. The fraction of sp³-hybridized carbons (Fsp3) is 0.444. The molecule has 1 atom stereocenters. The molecule has 3 aromatic carbocycles. The molecule has 240 valence electrons. The number of nitrogens with zero attached hydrogens (tertiary/aromatic N) is 3. The lowest BCUT2D eigenvalue weighted by molar-refractivity contribution is -0.118. The number of aromatic nitrogens is 2. The molecular formula is C36H47N5O4. The number of amides is 1. The van der Waals surface area contributed by atoms with Gasteiger partial charge in [-0.3, -0.25) is 4.79 Å². The Labute approximate surface area is 265 Å². The third-order valence-electron chi connectivity index (χ3n) is 9.02. The summed E-state index contributed by atoms with van der Waals surface area (Å²) in [7, 11) is 0. The average molecular weight is 614 g/mol. The highest BCUT2D eigenvalue weighted by atomic mass is 16.3. The van der Waals surface area contributed by atoms with E-state index in [-0.39, 0.29) is 38.2 Å². The molecule has 4 aromatic rings. The van der Waals surface area contributed by atoms with Crippen molar-refractivity contribution in [2.45, 2.75) is 64.1 Å². The van der Waals surface area contributed by atoms with Crippen molar-refractivity contribution >= 4 is 22.6 Å². The highest BCUT2D eigenvalue weighted by Gasteiger charge is 2.21. The number of aryl methyl sites for hydroxylation is 2. The number of aliphatic hydroxyl groups is 3. The van der Waals surface area contributed by atoms with Gasteiger partial charge in [0.05, 0.1) is 30.9 Å². The van der Waals surface area contributed by atoms with Gasteiger partial charge >= 0.3 is 0 Å². The number of anilines is 1. The standard InChI is InChI=1S/C36H47N5O4/c37-35(45)23-32(38-24-27-4-2-1-3-5-27)30-12-15-34-33(22-30)39-36(41(34)17-16-26-6-8-28(25-44)9-7-26)29-10-13-31(14-11-29)40(18-20-42)19-21-43/h6-15,22,27,32,38,42-44H,1-5,16-21,23-25H2,(H2,37,45). The van der Waals surface area contributed by atoms with Gasteiger partial charge in [-0.1, -0.05) is 49.6 Å². The second-order valence-electron chi connectivity index (χ2n) is 12.2. The van der Waals surface area contributed by atoms with Gasteiger partial charge in [0.25, 0.3) is 0 Å². The van der Waals surface area contributed by atoms with Crippen LogP contribution in [0.25, 0.3) is 22.4 Å². The van der Waals surface area contributed by atoms with Crippen molar-refractivity contribution in [1.82, 2.24) is 14.9 Å². The summed E-state index contributed by atoms with van der Waals surface area (Å²) in [5.74, 6) is 1.15. The number of imidazole rings is 1. The fourth-order valence-electron chi connectivity index (χ4n) is 6.50. The smallest absolute Gasteiger partial charge is 0.219 e. The number of carbonyl (C=O) groups is 1. The van der Waals surface area contributed by atoms with E-state index >= 15 is 0 Å². The molecule has 1 aromatic heterocycles. The Morgan fingerprint density at radius 2 is 1.62 bits per heavy atom. The van der Waals surface area contributed by atoms with Crippen LogP contribution < -0.4 is 16.0 Å². The van der Waals surface area contributed by atoms with Crippen molar-refractivity contribution < 1.29 is 20.1 Å². The van der Waals surface area contributed by atoms with E-state index in [1.807, 2.05) is 41.3 Å². The first kappa shape index (κ1) is 32.6. The fourth-order valence-corrected chi connectivity index (χ4v) is 6.50. The molecule has 9 heteroatoms. The molecule has 1 saturated carbocycles. The molecule has 6 N–H and O–H groups in total. The molecule has 9 nitrogen and oxygen atoms in total. The van der Waals surface area contributed by atoms with E-state index < -0.39 is 0 Å². The van der Waals surface area contributed by atoms with Crippen LogP contribution in [0, 0.1) is 5.92 Å². The second-order valence-corrected chi connectivity index (χ2v) is 12.2. The van der Waals surface area contributed by atoms with Crippen molar-refractivity contribution in [2.24, 2.45) is 11.7 Å². The van der Waals surface area contributed by atoms with Crippen molar-refractivity contribution in [2.75, 3.05) is 37.7 Å². The van der Waals surface area contributed by atoms with Gasteiger partial charge in [0.15, 0.2) is 0 Å². The highest BCUT2D eigenvalue weighted by molar-refractivity contribution is 5.82. The lowest BCUT2D eigenvalue weighted by Gasteiger charge is -2.25. The molecule has 0 saturated heterocycles. The largest absolute Gasteiger partial charge is 0.395 e. The van der Waals surface area contributed by atoms with Gasteiger partial charge in [-0.2, -0.15) is 0 Å². The number of rotatable bonds is 16. The summed E-state index contributed by atoms with van der Waals surface area (Å²) >= 11 is 0. The van der Waals surface area contributed by atoms with Gasteiger partial charge in [0, 0.05) is 43.3 Å². The van der Waals surface area contributed by atoms with E-state index in [9.17, 15) is 20.1 Å². The SMILES string of the molecule is NC(=O)CC(NCC1CCCCC1)c1ccc2c(c1)nc(-c1ccc(N(CCO)CCO)cc1)n2CCc1ccc(CO)cc1.